The number of para-hydroxylation sites is 1. The van der Waals surface area contributed by atoms with Crippen molar-refractivity contribution in [3.05, 3.63) is 63.8 Å². The van der Waals surface area contributed by atoms with Crippen LogP contribution in [0.1, 0.15) is 29.2 Å². The number of ether oxygens (including phenoxy) is 1. The maximum atomic E-state index is 12.4. The normalized spacial score (nSPS) is 16.9. The molecule has 23 heavy (non-hydrogen) atoms. The van der Waals surface area contributed by atoms with Gasteiger partial charge >= 0.3 is 5.97 Å². The van der Waals surface area contributed by atoms with Gasteiger partial charge in [0, 0.05) is 30.1 Å². The Hall–Kier alpha value is -3.02. The molecule has 0 radical (unpaired) electrons. The van der Waals surface area contributed by atoms with Gasteiger partial charge in [-0.1, -0.05) is 12.1 Å². The molecule has 0 saturated heterocycles. The molecule has 0 spiro atoms. The first-order valence-corrected chi connectivity index (χ1v) is 7.27. The van der Waals surface area contributed by atoms with Crippen molar-refractivity contribution in [3.8, 4) is 5.75 Å². The molecule has 2 aromatic heterocycles. The Morgan fingerprint density at radius 3 is 2.91 bits per heavy atom. The summed E-state index contributed by atoms with van der Waals surface area (Å²) in [7, 11) is 0. The van der Waals surface area contributed by atoms with Gasteiger partial charge in [0.05, 0.1) is 23.0 Å². The SMILES string of the molecule is Cc1cc2c(c(=O)[nH]1)[C@H](c1cccc3nccnc13)CC(=O)O2. The maximum absolute atomic E-state index is 12.4. The molecular weight excluding hydrogens is 294 g/mol. The number of nitrogens with zero attached hydrogens (tertiary/aromatic N) is 2. The molecule has 0 amide bonds. The first-order valence-electron chi connectivity index (χ1n) is 7.27. The lowest BCUT2D eigenvalue weighted by atomic mass is 9.86. The van der Waals surface area contributed by atoms with Crippen LogP contribution in [0.25, 0.3) is 11.0 Å². The number of aromatic amines is 1. The third kappa shape index (κ3) is 2.19. The van der Waals surface area contributed by atoms with Gasteiger partial charge in [-0.05, 0) is 18.6 Å². The van der Waals surface area contributed by atoms with Crippen LogP contribution in [0.2, 0.25) is 0 Å². The van der Waals surface area contributed by atoms with E-state index >= 15 is 0 Å². The number of fused-ring (bicyclic) bond motifs is 2. The zero-order chi connectivity index (χ0) is 16.0. The highest BCUT2D eigenvalue weighted by molar-refractivity contribution is 5.83. The molecule has 0 bridgehead atoms. The lowest BCUT2D eigenvalue weighted by molar-refractivity contribution is -0.135. The number of esters is 1. The van der Waals surface area contributed by atoms with Crippen molar-refractivity contribution >= 4 is 17.0 Å². The van der Waals surface area contributed by atoms with Crippen molar-refractivity contribution in [2.75, 3.05) is 0 Å². The predicted octanol–water partition coefficient (Wildman–Crippen LogP) is 2.07. The van der Waals surface area contributed by atoms with Gasteiger partial charge in [0.15, 0.2) is 0 Å². The van der Waals surface area contributed by atoms with Gasteiger partial charge < -0.3 is 9.72 Å². The average Bonchev–Trinajstić information content (AvgIpc) is 2.52. The number of pyridine rings is 1. The number of hydrogen-bond donors (Lipinski definition) is 1. The fourth-order valence-corrected chi connectivity index (χ4v) is 3.08. The molecule has 1 aliphatic heterocycles. The molecular formula is C17H13N3O3. The second-order valence-corrected chi connectivity index (χ2v) is 5.56. The Morgan fingerprint density at radius 2 is 2.04 bits per heavy atom. The van der Waals surface area contributed by atoms with Crippen LogP contribution in [-0.4, -0.2) is 20.9 Å². The molecule has 3 heterocycles. The molecule has 4 rings (SSSR count). The molecule has 0 unspecified atom stereocenters. The number of carbonyl (C=O) groups is 1. The van der Waals surface area contributed by atoms with E-state index < -0.39 is 5.92 Å². The van der Waals surface area contributed by atoms with E-state index in [1.54, 1.807) is 25.4 Å². The van der Waals surface area contributed by atoms with Gasteiger partial charge in [0.25, 0.3) is 5.56 Å². The molecule has 6 heteroatoms. The zero-order valence-corrected chi connectivity index (χ0v) is 12.4. The van der Waals surface area contributed by atoms with Gasteiger partial charge in [0.1, 0.15) is 5.75 Å². The molecule has 114 valence electrons. The summed E-state index contributed by atoms with van der Waals surface area (Å²) in [5.41, 5.74) is 3.11. The summed E-state index contributed by atoms with van der Waals surface area (Å²) in [6.45, 7) is 1.75. The average molecular weight is 307 g/mol. The van der Waals surface area contributed by atoms with Crippen LogP contribution in [0.5, 0.6) is 5.75 Å². The van der Waals surface area contributed by atoms with E-state index in [9.17, 15) is 9.59 Å². The quantitative estimate of drug-likeness (QED) is 0.696. The Labute approximate surface area is 131 Å². The number of nitrogens with one attached hydrogen (secondary N) is 1. The van der Waals surface area contributed by atoms with Gasteiger partial charge in [-0.25, -0.2) is 0 Å². The topological polar surface area (TPSA) is 84.9 Å². The number of carbonyl (C=O) groups excluding carboxylic acids is 1. The van der Waals surface area contributed by atoms with Gasteiger partial charge in [-0.15, -0.1) is 0 Å². The van der Waals surface area contributed by atoms with E-state index in [4.69, 9.17) is 4.74 Å². The van der Waals surface area contributed by atoms with Crippen molar-refractivity contribution in [1.29, 1.82) is 0 Å². The van der Waals surface area contributed by atoms with E-state index in [2.05, 4.69) is 15.0 Å². The molecule has 6 nitrogen and oxygen atoms in total. The van der Waals surface area contributed by atoms with Gasteiger partial charge in [0.2, 0.25) is 0 Å². The van der Waals surface area contributed by atoms with Crippen molar-refractivity contribution in [2.24, 2.45) is 0 Å². The number of aryl methyl sites for hydroxylation is 1. The lowest BCUT2D eigenvalue weighted by Gasteiger charge is -2.24. The predicted molar refractivity (Wildman–Crippen MR) is 83.4 cm³/mol. The lowest BCUT2D eigenvalue weighted by Crippen LogP contribution is -2.28. The fourth-order valence-electron chi connectivity index (χ4n) is 3.08. The van der Waals surface area contributed by atoms with Crippen molar-refractivity contribution in [3.63, 3.8) is 0 Å². The monoisotopic (exact) mass is 307 g/mol. The number of rotatable bonds is 1. The Morgan fingerprint density at radius 1 is 1.22 bits per heavy atom. The molecule has 3 aromatic rings. The number of hydrogen-bond acceptors (Lipinski definition) is 5. The third-order valence-corrected chi connectivity index (χ3v) is 4.02. The summed E-state index contributed by atoms with van der Waals surface area (Å²) in [5.74, 6) is -0.419. The van der Waals surface area contributed by atoms with Crippen LogP contribution in [0.3, 0.4) is 0 Å². The first-order chi connectivity index (χ1) is 11.1. The Balaban J connectivity index is 2.00. The minimum Gasteiger partial charge on any atom is -0.426 e. The van der Waals surface area contributed by atoms with Crippen LogP contribution in [0, 0.1) is 6.92 Å². The second-order valence-electron chi connectivity index (χ2n) is 5.56. The van der Waals surface area contributed by atoms with Crippen LogP contribution < -0.4 is 10.3 Å². The highest BCUT2D eigenvalue weighted by Crippen LogP contribution is 2.38. The molecule has 0 fully saturated rings. The van der Waals surface area contributed by atoms with E-state index in [1.807, 2.05) is 18.2 Å². The zero-order valence-electron chi connectivity index (χ0n) is 12.4. The van der Waals surface area contributed by atoms with Crippen molar-refractivity contribution < 1.29 is 9.53 Å². The van der Waals surface area contributed by atoms with E-state index in [0.717, 1.165) is 11.1 Å². The van der Waals surface area contributed by atoms with Gasteiger partial charge in [-0.2, -0.15) is 0 Å². The van der Waals surface area contributed by atoms with E-state index in [-0.39, 0.29) is 17.9 Å². The van der Waals surface area contributed by atoms with Crippen molar-refractivity contribution in [2.45, 2.75) is 19.3 Å². The molecule has 0 aliphatic carbocycles. The summed E-state index contributed by atoms with van der Waals surface area (Å²) in [4.78, 5) is 35.9. The Kier molecular flexibility index (Phi) is 2.97. The minimum atomic E-state index is -0.393. The number of benzene rings is 1. The molecule has 1 aliphatic rings. The highest BCUT2D eigenvalue weighted by atomic mass is 16.5. The van der Waals surface area contributed by atoms with E-state index in [0.29, 0.717) is 22.5 Å². The Bertz CT molecular complexity index is 989. The molecule has 1 N–H and O–H groups in total. The smallest absolute Gasteiger partial charge is 0.312 e. The van der Waals surface area contributed by atoms with Gasteiger partial charge in [-0.3, -0.25) is 19.6 Å². The summed E-state index contributed by atoms with van der Waals surface area (Å²) < 4.78 is 5.26. The second kappa shape index (κ2) is 5.01. The maximum Gasteiger partial charge on any atom is 0.312 e. The summed E-state index contributed by atoms with van der Waals surface area (Å²) >= 11 is 0. The molecule has 0 saturated carbocycles. The highest BCUT2D eigenvalue weighted by Gasteiger charge is 2.32. The molecule has 1 atom stereocenters. The van der Waals surface area contributed by atoms with Crippen LogP contribution in [0.15, 0.2) is 41.5 Å². The summed E-state index contributed by atoms with van der Waals surface area (Å²) in [6.07, 6.45) is 3.33. The van der Waals surface area contributed by atoms with Crippen LogP contribution in [-0.2, 0) is 4.79 Å². The minimum absolute atomic E-state index is 0.106. The van der Waals surface area contributed by atoms with Crippen LogP contribution >= 0.6 is 0 Å². The number of aromatic nitrogens is 3. The summed E-state index contributed by atoms with van der Waals surface area (Å²) in [6, 6.07) is 7.27. The third-order valence-electron chi connectivity index (χ3n) is 4.02. The fraction of sp³-hybridized carbons (Fsp3) is 0.176. The largest absolute Gasteiger partial charge is 0.426 e. The standard InChI is InChI=1S/C17H13N3O3/c1-9-7-13-15(17(22)20-9)11(8-14(21)23-13)10-3-2-4-12-16(10)19-6-5-18-12/h2-7,11H,8H2,1H3,(H,20,22)/t11-/m0/s1. The van der Waals surface area contributed by atoms with Crippen molar-refractivity contribution in [1.82, 2.24) is 15.0 Å². The summed E-state index contributed by atoms with van der Waals surface area (Å²) in [5, 5.41) is 0. The van der Waals surface area contributed by atoms with E-state index in [1.165, 1.54) is 0 Å². The first kappa shape index (κ1) is 13.6. The van der Waals surface area contributed by atoms with Crippen LogP contribution in [0.4, 0.5) is 0 Å². The molecule has 1 aromatic carbocycles. The number of H-pyrrole nitrogens is 1.